The Bertz CT molecular complexity index is 335. The van der Waals surface area contributed by atoms with Crippen molar-refractivity contribution in [1.29, 1.82) is 0 Å². The average molecular weight is 294 g/mol. The molecule has 0 radical (unpaired) electrons. The zero-order valence-corrected chi connectivity index (χ0v) is 13.2. The highest BCUT2D eigenvalue weighted by atomic mass is 16.7. The Hall–Kier alpha value is -0.160. The van der Waals surface area contributed by atoms with Gasteiger partial charge in [0.05, 0.1) is 13.2 Å². The fourth-order valence-corrected chi connectivity index (χ4v) is 4.32. The summed E-state index contributed by atoms with van der Waals surface area (Å²) in [5.41, 5.74) is 0. The van der Waals surface area contributed by atoms with E-state index in [9.17, 15) is 0 Å². The lowest BCUT2D eigenvalue weighted by Crippen LogP contribution is -2.50. The average Bonchev–Trinajstić information content (AvgIpc) is 3.26. The van der Waals surface area contributed by atoms with Gasteiger partial charge in [0.25, 0.3) is 0 Å². The third-order valence-electron chi connectivity index (χ3n) is 5.97. The van der Waals surface area contributed by atoms with Crippen LogP contribution in [0.15, 0.2) is 0 Å². The van der Waals surface area contributed by atoms with E-state index in [1.807, 2.05) is 0 Å². The van der Waals surface area contributed by atoms with Gasteiger partial charge in [-0.25, -0.2) is 0 Å². The molecule has 0 aromatic rings. The smallest absolute Gasteiger partial charge is 0.168 e. The molecule has 21 heavy (non-hydrogen) atoms. The van der Waals surface area contributed by atoms with E-state index >= 15 is 0 Å². The Morgan fingerprint density at radius 1 is 0.905 bits per heavy atom. The van der Waals surface area contributed by atoms with E-state index in [-0.39, 0.29) is 5.79 Å². The summed E-state index contributed by atoms with van der Waals surface area (Å²) in [5.74, 6) is 0.810. The molecule has 2 saturated heterocycles. The third kappa shape index (κ3) is 3.44. The molecular weight excluding hydrogens is 264 g/mol. The van der Waals surface area contributed by atoms with Crippen molar-refractivity contribution in [3.8, 4) is 0 Å². The van der Waals surface area contributed by atoms with E-state index in [2.05, 4.69) is 10.2 Å². The molecule has 0 unspecified atom stereocenters. The van der Waals surface area contributed by atoms with Crippen molar-refractivity contribution in [2.24, 2.45) is 5.92 Å². The van der Waals surface area contributed by atoms with Crippen molar-refractivity contribution in [2.45, 2.75) is 69.2 Å². The fraction of sp³-hybridized carbons (Fsp3) is 1.00. The lowest BCUT2D eigenvalue weighted by Gasteiger charge is -2.43. The standard InChI is InChI=1S/C17H30N2O2/c1-2-14(1)13-18-15-5-9-19(10-6-15)16-3-7-17(8-4-16)20-11-12-21-17/h14-16,18H,1-13H2. The highest BCUT2D eigenvalue weighted by molar-refractivity contribution is 4.89. The summed E-state index contributed by atoms with van der Waals surface area (Å²) in [4.78, 5) is 2.73. The van der Waals surface area contributed by atoms with Crippen LogP contribution in [0, 0.1) is 5.92 Å². The maximum atomic E-state index is 5.84. The van der Waals surface area contributed by atoms with Gasteiger partial charge in [-0.15, -0.1) is 0 Å². The maximum Gasteiger partial charge on any atom is 0.168 e. The van der Waals surface area contributed by atoms with E-state index in [0.717, 1.165) is 44.1 Å². The first-order chi connectivity index (χ1) is 10.3. The summed E-state index contributed by atoms with van der Waals surface area (Å²) in [6.07, 6.45) is 10.3. The number of rotatable bonds is 4. The van der Waals surface area contributed by atoms with Crippen LogP contribution >= 0.6 is 0 Å². The molecule has 2 heterocycles. The quantitative estimate of drug-likeness (QED) is 0.861. The second kappa shape index (κ2) is 6.15. The van der Waals surface area contributed by atoms with Gasteiger partial charge in [-0.2, -0.15) is 0 Å². The predicted molar refractivity (Wildman–Crippen MR) is 82.2 cm³/mol. The van der Waals surface area contributed by atoms with Crippen molar-refractivity contribution in [3.63, 3.8) is 0 Å². The second-order valence-electron chi connectivity index (χ2n) is 7.50. The van der Waals surface area contributed by atoms with E-state index < -0.39 is 0 Å². The number of likely N-dealkylation sites (tertiary alicyclic amines) is 1. The molecule has 1 spiro atoms. The Kier molecular flexibility index (Phi) is 4.23. The molecule has 4 heteroatoms. The van der Waals surface area contributed by atoms with Gasteiger partial charge in [0.1, 0.15) is 0 Å². The van der Waals surface area contributed by atoms with Crippen molar-refractivity contribution in [2.75, 3.05) is 32.8 Å². The Labute approximate surface area is 128 Å². The van der Waals surface area contributed by atoms with Crippen LogP contribution in [-0.2, 0) is 9.47 Å². The molecule has 2 aliphatic heterocycles. The van der Waals surface area contributed by atoms with Crippen LogP contribution < -0.4 is 5.32 Å². The zero-order valence-electron chi connectivity index (χ0n) is 13.2. The molecule has 2 aliphatic carbocycles. The zero-order chi connectivity index (χ0) is 14.1. The van der Waals surface area contributed by atoms with Crippen LogP contribution in [-0.4, -0.2) is 55.6 Å². The van der Waals surface area contributed by atoms with E-state index in [0.29, 0.717) is 0 Å². The van der Waals surface area contributed by atoms with E-state index in [4.69, 9.17) is 9.47 Å². The van der Waals surface area contributed by atoms with Gasteiger partial charge in [-0.3, -0.25) is 0 Å². The Morgan fingerprint density at radius 3 is 2.19 bits per heavy atom. The highest BCUT2D eigenvalue weighted by Gasteiger charge is 2.41. The van der Waals surface area contributed by atoms with E-state index in [1.165, 1.54) is 58.2 Å². The Morgan fingerprint density at radius 2 is 1.57 bits per heavy atom. The minimum absolute atomic E-state index is 0.194. The van der Waals surface area contributed by atoms with Crippen LogP contribution in [0.2, 0.25) is 0 Å². The molecule has 0 amide bonds. The van der Waals surface area contributed by atoms with Gasteiger partial charge in [-0.1, -0.05) is 0 Å². The number of hydrogen-bond acceptors (Lipinski definition) is 4. The van der Waals surface area contributed by atoms with E-state index in [1.54, 1.807) is 0 Å². The molecule has 120 valence electrons. The number of piperidine rings is 1. The first-order valence-corrected chi connectivity index (χ1v) is 9.08. The summed E-state index contributed by atoms with van der Waals surface area (Å²) < 4.78 is 11.7. The van der Waals surface area contributed by atoms with Crippen LogP contribution in [0.25, 0.3) is 0 Å². The largest absolute Gasteiger partial charge is 0.348 e. The first kappa shape index (κ1) is 14.4. The van der Waals surface area contributed by atoms with Gasteiger partial charge >= 0.3 is 0 Å². The molecule has 4 aliphatic rings. The molecule has 1 N–H and O–H groups in total. The monoisotopic (exact) mass is 294 g/mol. The number of ether oxygens (including phenoxy) is 2. The molecule has 4 fully saturated rings. The molecular formula is C17H30N2O2. The van der Waals surface area contributed by atoms with Crippen molar-refractivity contribution >= 4 is 0 Å². The molecule has 4 rings (SSSR count). The van der Waals surface area contributed by atoms with Gasteiger partial charge in [0.15, 0.2) is 5.79 Å². The normalized spacial score (nSPS) is 32.0. The lowest BCUT2D eigenvalue weighted by molar-refractivity contribution is -0.184. The van der Waals surface area contributed by atoms with Crippen molar-refractivity contribution in [1.82, 2.24) is 10.2 Å². The number of nitrogens with zero attached hydrogens (tertiary/aromatic N) is 1. The van der Waals surface area contributed by atoms with Crippen LogP contribution in [0.5, 0.6) is 0 Å². The first-order valence-electron chi connectivity index (χ1n) is 9.08. The van der Waals surface area contributed by atoms with Gasteiger partial charge in [0.2, 0.25) is 0 Å². The van der Waals surface area contributed by atoms with Gasteiger partial charge in [-0.05, 0) is 64.1 Å². The minimum Gasteiger partial charge on any atom is -0.348 e. The fourth-order valence-electron chi connectivity index (χ4n) is 4.32. The maximum absolute atomic E-state index is 5.84. The SMILES string of the molecule is C1COC2(CCC(N3CCC(NCC4CC4)CC3)CC2)O1. The molecule has 0 atom stereocenters. The summed E-state index contributed by atoms with van der Waals surface area (Å²) in [7, 11) is 0. The summed E-state index contributed by atoms with van der Waals surface area (Å²) >= 11 is 0. The van der Waals surface area contributed by atoms with Gasteiger partial charge < -0.3 is 19.7 Å². The predicted octanol–water partition coefficient (Wildman–Crippen LogP) is 2.14. The molecule has 0 aromatic heterocycles. The lowest BCUT2D eigenvalue weighted by atomic mass is 9.88. The summed E-state index contributed by atoms with van der Waals surface area (Å²) in [6, 6.07) is 1.55. The summed E-state index contributed by atoms with van der Waals surface area (Å²) in [5, 5.41) is 3.78. The minimum atomic E-state index is -0.194. The Balaban J connectivity index is 1.19. The highest BCUT2D eigenvalue weighted by Crippen LogP contribution is 2.38. The van der Waals surface area contributed by atoms with Gasteiger partial charge in [0, 0.05) is 24.9 Å². The molecule has 4 nitrogen and oxygen atoms in total. The second-order valence-corrected chi connectivity index (χ2v) is 7.50. The van der Waals surface area contributed by atoms with Crippen LogP contribution in [0.3, 0.4) is 0 Å². The summed E-state index contributed by atoms with van der Waals surface area (Å²) in [6.45, 7) is 5.42. The molecule has 0 aromatic carbocycles. The van der Waals surface area contributed by atoms with Crippen LogP contribution in [0.4, 0.5) is 0 Å². The van der Waals surface area contributed by atoms with Crippen molar-refractivity contribution < 1.29 is 9.47 Å². The molecule has 2 saturated carbocycles. The molecule has 0 bridgehead atoms. The topological polar surface area (TPSA) is 33.7 Å². The van der Waals surface area contributed by atoms with Crippen molar-refractivity contribution in [3.05, 3.63) is 0 Å². The number of nitrogens with one attached hydrogen (secondary N) is 1. The third-order valence-corrected chi connectivity index (χ3v) is 5.97. The number of hydrogen-bond donors (Lipinski definition) is 1. The van der Waals surface area contributed by atoms with Crippen LogP contribution in [0.1, 0.15) is 51.4 Å².